The molecular formula is C15H21BrN6O2. The maximum absolute atomic E-state index is 12.3. The molecule has 2 rings (SSSR count). The molecule has 0 bridgehead atoms. The third-order valence-electron chi connectivity index (χ3n) is 3.27. The fraction of sp³-hybridized carbons (Fsp3) is 0.467. The van der Waals surface area contributed by atoms with E-state index in [0.29, 0.717) is 30.4 Å². The number of rotatable bonds is 7. The van der Waals surface area contributed by atoms with E-state index in [1.165, 1.54) is 10.9 Å². The van der Waals surface area contributed by atoms with Gasteiger partial charge in [0.1, 0.15) is 5.69 Å². The average molecular weight is 397 g/mol. The van der Waals surface area contributed by atoms with Crippen LogP contribution in [0.25, 0.3) is 0 Å². The molecule has 24 heavy (non-hydrogen) atoms. The number of nitrogens with one attached hydrogen (secondary N) is 2. The van der Waals surface area contributed by atoms with Crippen LogP contribution in [-0.2, 0) is 18.4 Å². The summed E-state index contributed by atoms with van der Waals surface area (Å²) in [7, 11) is 1.67. The van der Waals surface area contributed by atoms with Crippen molar-refractivity contribution >= 4 is 33.4 Å². The van der Waals surface area contributed by atoms with Gasteiger partial charge >= 0.3 is 0 Å². The van der Waals surface area contributed by atoms with E-state index in [2.05, 4.69) is 36.8 Å². The molecule has 0 fully saturated rings. The maximum Gasteiger partial charge on any atom is 0.271 e. The lowest BCUT2D eigenvalue weighted by molar-refractivity contribution is -0.116. The highest BCUT2D eigenvalue weighted by molar-refractivity contribution is 9.10. The largest absolute Gasteiger partial charge is 0.350 e. The summed E-state index contributed by atoms with van der Waals surface area (Å²) in [5.41, 5.74) is 0.747. The van der Waals surface area contributed by atoms with Gasteiger partial charge in [-0.1, -0.05) is 13.8 Å². The Balaban J connectivity index is 1.96. The van der Waals surface area contributed by atoms with Gasteiger partial charge in [-0.25, -0.2) is 0 Å². The lowest BCUT2D eigenvalue weighted by Crippen LogP contribution is -2.30. The number of amides is 2. The van der Waals surface area contributed by atoms with Gasteiger partial charge in [0, 0.05) is 32.8 Å². The molecule has 0 unspecified atom stereocenters. The van der Waals surface area contributed by atoms with Gasteiger partial charge in [-0.05, 0) is 21.8 Å². The molecule has 0 radical (unpaired) electrons. The van der Waals surface area contributed by atoms with Gasteiger partial charge in [0.15, 0.2) is 0 Å². The number of hydrogen-bond acceptors (Lipinski definition) is 4. The zero-order valence-electron chi connectivity index (χ0n) is 13.9. The molecule has 2 aromatic heterocycles. The number of aromatic nitrogens is 4. The Labute approximate surface area is 148 Å². The maximum atomic E-state index is 12.3. The Hall–Kier alpha value is -2.16. The Bertz CT molecular complexity index is 721. The van der Waals surface area contributed by atoms with Crippen molar-refractivity contribution in [3.63, 3.8) is 0 Å². The summed E-state index contributed by atoms with van der Waals surface area (Å²) in [6.07, 6.45) is 5.18. The van der Waals surface area contributed by atoms with Crippen LogP contribution in [0.3, 0.4) is 0 Å². The first-order chi connectivity index (χ1) is 11.4. The van der Waals surface area contributed by atoms with Crippen molar-refractivity contribution in [2.24, 2.45) is 13.0 Å². The van der Waals surface area contributed by atoms with Crippen molar-refractivity contribution in [2.75, 3.05) is 11.9 Å². The highest BCUT2D eigenvalue weighted by Crippen LogP contribution is 2.15. The third kappa shape index (κ3) is 4.92. The van der Waals surface area contributed by atoms with Crippen LogP contribution in [-0.4, -0.2) is 37.9 Å². The number of anilines is 1. The van der Waals surface area contributed by atoms with Crippen LogP contribution in [0.4, 0.5) is 5.69 Å². The molecule has 0 aromatic carbocycles. The molecule has 0 aliphatic heterocycles. The molecule has 0 spiro atoms. The molecular weight excluding hydrogens is 376 g/mol. The second-order valence-corrected chi connectivity index (χ2v) is 6.77. The van der Waals surface area contributed by atoms with Crippen LogP contribution in [0.2, 0.25) is 0 Å². The van der Waals surface area contributed by atoms with Crippen LogP contribution >= 0.6 is 15.9 Å². The molecule has 2 aromatic rings. The van der Waals surface area contributed by atoms with Crippen molar-refractivity contribution in [2.45, 2.75) is 26.8 Å². The van der Waals surface area contributed by atoms with Crippen LogP contribution in [0.1, 0.15) is 30.8 Å². The van der Waals surface area contributed by atoms with Gasteiger partial charge in [0.05, 0.1) is 22.6 Å². The molecule has 0 saturated heterocycles. The van der Waals surface area contributed by atoms with E-state index >= 15 is 0 Å². The number of aryl methyl sites for hydroxylation is 2. The summed E-state index contributed by atoms with van der Waals surface area (Å²) in [5.74, 6) is -0.115. The van der Waals surface area contributed by atoms with Crippen LogP contribution in [0.15, 0.2) is 23.1 Å². The van der Waals surface area contributed by atoms with E-state index in [1.54, 1.807) is 24.1 Å². The minimum atomic E-state index is -0.255. The minimum absolute atomic E-state index is 0.201. The number of nitrogens with zero attached hydrogens (tertiary/aromatic N) is 4. The lowest BCUT2D eigenvalue weighted by atomic mass is 10.2. The van der Waals surface area contributed by atoms with Gasteiger partial charge in [0.2, 0.25) is 5.91 Å². The number of halogens is 1. The summed E-state index contributed by atoms with van der Waals surface area (Å²) < 4.78 is 3.98. The van der Waals surface area contributed by atoms with Crippen molar-refractivity contribution in [3.05, 3.63) is 28.8 Å². The quantitative estimate of drug-likeness (QED) is 0.745. The number of carbonyl (C=O) groups is 2. The molecule has 2 amide bonds. The molecule has 130 valence electrons. The summed E-state index contributed by atoms with van der Waals surface area (Å²) in [6.45, 7) is 5.04. The van der Waals surface area contributed by atoms with Gasteiger partial charge in [-0.3, -0.25) is 19.0 Å². The third-order valence-corrected chi connectivity index (χ3v) is 3.68. The summed E-state index contributed by atoms with van der Waals surface area (Å²) >= 11 is 3.31. The number of hydrogen-bond donors (Lipinski definition) is 2. The Kier molecular flexibility index (Phi) is 6.13. The van der Waals surface area contributed by atoms with Crippen molar-refractivity contribution in [1.29, 1.82) is 0 Å². The van der Waals surface area contributed by atoms with Crippen molar-refractivity contribution < 1.29 is 9.59 Å². The zero-order chi connectivity index (χ0) is 17.7. The first kappa shape index (κ1) is 18.2. The van der Waals surface area contributed by atoms with Crippen molar-refractivity contribution in [3.8, 4) is 0 Å². The highest BCUT2D eigenvalue weighted by atomic mass is 79.9. The first-order valence-electron chi connectivity index (χ1n) is 7.64. The first-order valence-corrected chi connectivity index (χ1v) is 8.44. The molecule has 2 heterocycles. The second kappa shape index (κ2) is 8.09. The van der Waals surface area contributed by atoms with E-state index in [4.69, 9.17) is 0 Å². The normalized spacial score (nSPS) is 10.9. The number of carbonyl (C=O) groups excluding carboxylic acids is 2. The van der Waals surface area contributed by atoms with Crippen LogP contribution in [0.5, 0.6) is 0 Å². The van der Waals surface area contributed by atoms with E-state index in [1.807, 2.05) is 13.8 Å². The van der Waals surface area contributed by atoms with Crippen LogP contribution < -0.4 is 10.6 Å². The smallest absolute Gasteiger partial charge is 0.271 e. The molecule has 0 atom stereocenters. The highest BCUT2D eigenvalue weighted by Gasteiger charge is 2.18. The summed E-state index contributed by atoms with van der Waals surface area (Å²) in [6, 6.07) is 0. The Morgan fingerprint density at radius 1 is 1.29 bits per heavy atom. The fourth-order valence-electron chi connectivity index (χ4n) is 2.07. The molecule has 8 nitrogen and oxygen atoms in total. The van der Waals surface area contributed by atoms with E-state index < -0.39 is 0 Å². The SMILES string of the molecule is CC(C)CNC(=O)c1c(NC(=O)CCn2cc(Br)cn2)cnn1C. The predicted octanol–water partition coefficient (Wildman–Crippen LogP) is 1.79. The molecule has 0 aliphatic carbocycles. The topological polar surface area (TPSA) is 93.8 Å². The Morgan fingerprint density at radius 3 is 2.67 bits per heavy atom. The predicted molar refractivity (Wildman–Crippen MR) is 93.6 cm³/mol. The van der Waals surface area contributed by atoms with Gasteiger partial charge in [-0.2, -0.15) is 10.2 Å². The minimum Gasteiger partial charge on any atom is -0.350 e. The summed E-state index contributed by atoms with van der Waals surface area (Å²) in [4.78, 5) is 24.4. The average Bonchev–Trinajstić information content (AvgIpc) is 3.09. The monoisotopic (exact) mass is 396 g/mol. The van der Waals surface area contributed by atoms with E-state index in [0.717, 1.165) is 4.47 Å². The molecule has 0 saturated carbocycles. The lowest BCUT2D eigenvalue weighted by Gasteiger charge is -2.10. The molecule has 2 N–H and O–H groups in total. The van der Waals surface area contributed by atoms with Gasteiger partial charge < -0.3 is 10.6 Å². The molecule has 0 aliphatic rings. The zero-order valence-corrected chi connectivity index (χ0v) is 15.5. The second-order valence-electron chi connectivity index (χ2n) is 5.85. The van der Waals surface area contributed by atoms with E-state index in [-0.39, 0.29) is 18.2 Å². The fourth-order valence-corrected chi connectivity index (χ4v) is 2.40. The Morgan fingerprint density at radius 2 is 2.04 bits per heavy atom. The van der Waals surface area contributed by atoms with Gasteiger partial charge in [0.25, 0.3) is 5.91 Å². The van der Waals surface area contributed by atoms with E-state index in [9.17, 15) is 9.59 Å². The summed E-state index contributed by atoms with van der Waals surface area (Å²) in [5, 5.41) is 13.7. The van der Waals surface area contributed by atoms with Crippen molar-refractivity contribution in [1.82, 2.24) is 24.9 Å². The standard InChI is InChI=1S/C15H21BrN6O2/c1-10(2)6-17-15(24)14-12(8-18-21(14)3)20-13(23)4-5-22-9-11(16)7-19-22/h7-10H,4-6H2,1-3H3,(H,17,24)(H,20,23). The van der Waals surface area contributed by atoms with Gasteiger partial charge in [-0.15, -0.1) is 0 Å². The molecule has 9 heteroatoms. The van der Waals surface area contributed by atoms with Crippen LogP contribution in [0, 0.1) is 5.92 Å².